The van der Waals surface area contributed by atoms with Crippen LogP contribution < -0.4 is 10.2 Å². The van der Waals surface area contributed by atoms with Crippen molar-refractivity contribution in [1.82, 2.24) is 0 Å². The molecule has 6 heteroatoms. The topological polar surface area (TPSA) is 33.0 Å². The molecule has 0 N–H and O–H groups in total. The lowest BCUT2D eigenvalue weighted by Crippen LogP contribution is -2.34. The molecule has 2 nitrogen and oxygen atoms in total. The van der Waals surface area contributed by atoms with Gasteiger partial charge in [0.2, 0.25) is 0 Å². The van der Waals surface area contributed by atoms with E-state index in [1.165, 1.54) is 13.2 Å². The average molecular weight is 200 g/mol. The van der Waals surface area contributed by atoms with Gasteiger partial charge in [0, 0.05) is 0 Å². The van der Waals surface area contributed by atoms with Gasteiger partial charge in [-0.1, -0.05) is 6.07 Å². The molecule has 0 heterocycles. The number of nitrogens with zero attached hydrogens (tertiary/aromatic N) is 1. The van der Waals surface area contributed by atoms with Crippen LogP contribution in [-0.4, -0.2) is 14.1 Å². The second-order valence-corrected chi connectivity index (χ2v) is 2.68. The Balaban J connectivity index is 3.26. The van der Waals surface area contributed by atoms with Crippen molar-refractivity contribution in [3.8, 4) is 11.8 Å². The standard InChI is InChI=1S/C8H6BF3NO/c1-14-8-3-6(5-13)2-7(4-8)9(10,11)12/h2-4H,1H3/q-1. The van der Waals surface area contributed by atoms with Crippen LogP contribution in [0, 0.1) is 11.3 Å². The molecule has 74 valence electrons. The molecule has 0 aliphatic carbocycles. The summed E-state index contributed by atoms with van der Waals surface area (Å²) in [6, 6.07) is 4.58. The SMILES string of the molecule is COc1cc(C#N)cc([B-](F)(F)F)c1. The van der Waals surface area contributed by atoms with E-state index in [1.807, 2.05) is 0 Å². The molecule has 0 fully saturated rings. The predicted octanol–water partition coefficient (Wildman–Crippen LogP) is 1.62. The number of hydrogen-bond donors (Lipinski definition) is 0. The van der Waals surface area contributed by atoms with Crippen molar-refractivity contribution in [2.45, 2.75) is 0 Å². The molecule has 1 aromatic carbocycles. The lowest BCUT2D eigenvalue weighted by Gasteiger charge is -2.15. The molecule has 0 aromatic heterocycles. The molecule has 0 saturated carbocycles. The number of methoxy groups -OCH3 is 1. The lowest BCUT2D eigenvalue weighted by atomic mass is 9.79. The molecule has 1 rings (SSSR count). The Morgan fingerprint density at radius 2 is 1.93 bits per heavy atom. The van der Waals surface area contributed by atoms with E-state index in [4.69, 9.17) is 5.26 Å². The first kappa shape index (κ1) is 10.4. The van der Waals surface area contributed by atoms with Gasteiger partial charge in [0.1, 0.15) is 5.75 Å². The minimum atomic E-state index is -5.09. The maximum atomic E-state index is 12.3. The van der Waals surface area contributed by atoms with Crippen LogP contribution in [0.5, 0.6) is 5.75 Å². The van der Waals surface area contributed by atoms with Crippen molar-refractivity contribution in [3.63, 3.8) is 0 Å². The second kappa shape index (κ2) is 3.62. The van der Waals surface area contributed by atoms with Gasteiger partial charge in [-0.05, 0) is 12.1 Å². The number of benzene rings is 1. The van der Waals surface area contributed by atoms with Crippen LogP contribution in [0.4, 0.5) is 12.9 Å². The van der Waals surface area contributed by atoms with Crippen molar-refractivity contribution in [3.05, 3.63) is 23.8 Å². The average Bonchev–Trinajstić information content (AvgIpc) is 2.15. The van der Waals surface area contributed by atoms with Crippen molar-refractivity contribution in [2.75, 3.05) is 7.11 Å². The Morgan fingerprint density at radius 1 is 1.29 bits per heavy atom. The van der Waals surface area contributed by atoms with Crippen molar-refractivity contribution >= 4 is 12.4 Å². The summed E-state index contributed by atoms with van der Waals surface area (Å²) in [6.07, 6.45) is 0. The van der Waals surface area contributed by atoms with Crippen LogP contribution >= 0.6 is 0 Å². The highest BCUT2D eigenvalue weighted by atomic mass is 19.4. The number of ether oxygens (including phenoxy) is 1. The first-order chi connectivity index (χ1) is 6.47. The van der Waals surface area contributed by atoms with Gasteiger partial charge in [-0.2, -0.15) is 5.26 Å². The molecular weight excluding hydrogens is 194 g/mol. The van der Waals surface area contributed by atoms with Gasteiger partial charge in [0.05, 0.1) is 18.7 Å². The van der Waals surface area contributed by atoms with Crippen LogP contribution in [0.1, 0.15) is 5.56 Å². The third-order valence-corrected chi connectivity index (χ3v) is 1.67. The zero-order valence-corrected chi connectivity index (χ0v) is 7.30. The van der Waals surface area contributed by atoms with E-state index in [-0.39, 0.29) is 11.3 Å². The minimum absolute atomic E-state index is 0.0400. The number of rotatable bonds is 2. The zero-order valence-electron chi connectivity index (χ0n) is 7.30. The third-order valence-electron chi connectivity index (χ3n) is 1.67. The molecule has 0 aliphatic rings. The van der Waals surface area contributed by atoms with Gasteiger partial charge in [-0.25, -0.2) is 0 Å². The number of nitriles is 1. The summed E-state index contributed by atoms with van der Waals surface area (Å²) in [7, 11) is 1.25. The molecule has 1 aromatic rings. The highest BCUT2D eigenvalue weighted by Gasteiger charge is 2.26. The van der Waals surface area contributed by atoms with Gasteiger partial charge >= 0.3 is 6.98 Å². The predicted molar refractivity (Wildman–Crippen MR) is 46.4 cm³/mol. The molecule has 0 aliphatic heterocycles. The van der Waals surface area contributed by atoms with E-state index < -0.39 is 12.4 Å². The molecule has 0 unspecified atom stereocenters. The highest BCUT2D eigenvalue weighted by Crippen LogP contribution is 2.16. The van der Waals surface area contributed by atoms with Crippen molar-refractivity contribution < 1.29 is 17.7 Å². The first-order valence-corrected chi connectivity index (χ1v) is 3.76. The van der Waals surface area contributed by atoms with E-state index in [0.717, 1.165) is 12.1 Å². The molecule has 0 radical (unpaired) electrons. The van der Waals surface area contributed by atoms with Gasteiger partial charge in [0.15, 0.2) is 0 Å². The van der Waals surface area contributed by atoms with Gasteiger partial charge in [-0.3, -0.25) is 0 Å². The first-order valence-electron chi connectivity index (χ1n) is 3.76. The molecule has 0 amide bonds. The monoisotopic (exact) mass is 200 g/mol. The summed E-state index contributed by atoms with van der Waals surface area (Å²) in [4.78, 5) is 0. The Hall–Kier alpha value is -1.64. The fraction of sp³-hybridized carbons (Fsp3) is 0.125. The Morgan fingerprint density at radius 3 is 2.36 bits per heavy atom. The van der Waals surface area contributed by atoms with Crippen molar-refractivity contribution in [1.29, 1.82) is 5.26 Å². The summed E-state index contributed by atoms with van der Waals surface area (Å²) < 4.78 is 41.6. The minimum Gasteiger partial charge on any atom is -0.497 e. The summed E-state index contributed by atoms with van der Waals surface area (Å²) in [5, 5.41) is 8.48. The fourth-order valence-corrected chi connectivity index (χ4v) is 0.993. The molecule has 0 spiro atoms. The number of hydrogen-bond acceptors (Lipinski definition) is 2. The van der Waals surface area contributed by atoms with E-state index in [1.54, 1.807) is 6.07 Å². The summed E-state index contributed by atoms with van der Waals surface area (Å²) in [5.41, 5.74) is -0.876. The summed E-state index contributed by atoms with van der Waals surface area (Å²) >= 11 is 0. The van der Waals surface area contributed by atoms with Crippen molar-refractivity contribution in [2.24, 2.45) is 0 Å². The largest absolute Gasteiger partial charge is 0.509 e. The second-order valence-electron chi connectivity index (χ2n) is 2.68. The van der Waals surface area contributed by atoms with E-state index in [2.05, 4.69) is 4.74 Å². The van der Waals surface area contributed by atoms with E-state index >= 15 is 0 Å². The molecular formula is C8H6BF3NO-. The van der Waals surface area contributed by atoms with Crippen LogP contribution in [0.15, 0.2) is 18.2 Å². The normalized spacial score (nSPS) is 10.8. The maximum Gasteiger partial charge on any atom is 0.509 e. The van der Waals surface area contributed by atoms with Crippen LogP contribution in [0.25, 0.3) is 0 Å². The van der Waals surface area contributed by atoms with Gasteiger partial charge in [-0.15, -0.1) is 5.46 Å². The zero-order chi connectivity index (χ0) is 10.8. The molecule has 14 heavy (non-hydrogen) atoms. The van der Waals surface area contributed by atoms with Gasteiger partial charge in [0.25, 0.3) is 0 Å². The fourth-order valence-electron chi connectivity index (χ4n) is 0.993. The Kier molecular flexibility index (Phi) is 2.70. The summed E-state index contributed by atoms with van der Waals surface area (Å²) in [5.74, 6) is 0.0400. The number of halogens is 3. The molecule has 0 bridgehead atoms. The van der Waals surface area contributed by atoms with Gasteiger partial charge < -0.3 is 17.7 Å². The quantitative estimate of drug-likeness (QED) is 0.679. The highest BCUT2D eigenvalue weighted by molar-refractivity contribution is 6.73. The molecule has 0 saturated heterocycles. The Labute approximate surface area is 79.0 Å². The third kappa shape index (κ3) is 2.19. The molecule has 0 atom stereocenters. The van der Waals surface area contributed by atoms with E-state index in [0.29, 0.717) is 0 Å². The van der Waals surface area contributed by atoms with Crippen LogP contribution in [0.3, 0.4) is 0 Å². The maximum absolute atomic E-state index is 12.3. The van der Waals surface area contributed by atoms with Crippen LogP contribution in [0.2, 0.25) is 0 Å². The lowest BCUT2D eigenvalue weighted by molar-refractivity contribution is 0.414. The van der Waals surface area contributed by atoms with Crippen LogP contribution in [-0.2, 0) is 0 Å². The van der Waals surface area contributed by atoms with E-state index in [9.17, 15) is 12.9 Å². The Bertz CT molecular complexity index is 383. The smallest absolute Gasteiger partial charge is 0.497 e. The summed E-state index contributed by atoms with van der Waals surface area (Å²) in [6.45, 7) is -5.09.